The summed E-state index contributed by atoms with van der Waals surface area (Å²) in [6.07, 6.45) is 0.684. The number of aldehydes is 1. The summed E-state index contributed by atoms with van der Waals surface area (Å²) in [6, 6.07) is 9.30. The molecule has 0 radical (unpaired) electrons. The molecule has 2 rings (SSSR count). The van der Waals surface area contributed by atoms with Crippen molar-refractivity contribution in [2.75, 3.05) is 14.2 Å². The van der Waals surface area contributed by atoms with E-state index in [-0.39, 0.29) is 0 Å². The normalized spacial score (nSPS) is 10.1. The van der Waals surface area contributed by atoms with Crippen LogP contribution in [0.3, 0.4) is 0 Å². The van der Waals surface area contributed by atoms with E-state index in [4.69, 9.17) is 9.47 Å². The lowest BCUT2D eigenvalue weighted by molar-refractivity contribution is 0.112. The molecule has 2 aromatic rings. The van der Waals surface area contributed by atoms with Gasteiger partial charge in [0.2, 0.25) is 0 Å². The molecule has 19 heavy (non-hydrogen) atoms. The highest BCUT2D eigenvalue weighted by atomic mass is 19.1. The van der Waals surface area contributed by atoms with Crippen molar-refractivity contribution in [1.29, 1.82) is 0 Å². The van der Waals surface area contributed by atoms with Crippen molar-refractivity contribution in [2.45, 2.75) is 0 Å². The van der Waals surface area contributed by atoms with Gasteiger partial charge in [-0.25, -0.2) is 4.39 Å². The first-order valence-corrected chi connectivity index (χ1v) is 5.66. The van der Waals surface area contributed by atoms with Crippen LogP contribution in [-0.4, -0.2) is 20.5 Å². The average Bonchev–Trinajstić information content (AvgIpc) is 2.47. The monoisotopic (exact) mass is 260 g/mol. The third-order valence-electron chi connectivity index (χ3n) is 2.82. The molecule has 0 N–H and O–H groups in total. The molecule has 0 saturated heterocycles. The maximum Gasteiger partial charge on any atom is 0.161 e. The van der Waals surface area contributed by atoms with Crippen molar-refractivity contribution >= 4 is 6.29 Å². The summed E-state index contributed by atoms with van der Waals surface area (Å²) in [5.41, 5.74) is 1.40. The largest absolute Gasteiger partial charge is 0.493 e. The average molecular weight is 260 g/mol. The van der Waals surface area contributed by atoms with Gasteiger partial charge in [-0.2, -0.15) is 0 Å². The molecule has 0 aromatic heterocycles. The number of rotatable bonds is 4. The van der Waals surface area contributed by atoms with E-state index in [1.165, 1.54) is 32.4 Å². The van der Waals surface area contributed by atoms with Crippen molar-refractivity contribution in [3.63, 3.8) is 0 Å². The minimum Gasteiger partial charge on any atom is -0.493 e. The smallest absolute Gasteiger partial charge is 0.161 e. The Morgan fingerprint density at radius 2 is 1.74 bits per heavy atom. The third-order valence-corrected chi connectivity index (χ3v) is 2.82. The highest BCUT2D eigenvalue weighted by Crippen LogP contribution is 2.33. The molecular weight excluding hydrogens is 247 g/mol. The topological polar surface area (TPSA) is 35.5 Å². The Morgan fingerprint density at radius 3 is 2.37 bits per heavy atom. The third kappa shape index (κ3) is 2.57. The van der Waals surface area contributed by atoms with Crippen molar-refractivity contribution < 1.29 is 18.7 Å². The quantitative estimate of drug-likeness (QED) is 0.791. The van der Waals surface area contributed by atoms with Crippen molar-refractivity contribution in [1.82, 2.24) is 0 Å². The molecule has 0 aliphatic rings. The van der Waals surface area contributed by atoms with Crippen LogP contribution in [0.4, 0.5) is 4.39 Å². The summed E-state index contributed by atoms with van der Waals surface area (Å²) < 4.78 is 24.1. The maximum atomic E-state index is 13.8. The fraction of sp³-hybridized carbons (Fsp3) is 0.133. The number of benzene rings is 2. The summed E-state index contributed by atoms with van der Waals surface area (Å²) in [5.74, 6) is 0.687. The first-order valence-electron chi connectivity index (χ1n) is 5.66. The van der Waals surface area contributed by atoms with Gasteiger partial charge in [0, 0.05) is 11.1 Å². The zero-order valence-electron chi connectivity index (χ0n) is 10.6. The molecule has 0 amide bonds. The van der Waals surface area contributed by atoms with Crippen molar-refractivity contribution in [3.8, 4) is 22.6 Å². The van der Waals surface area contributed by atoms with E-state index < -0.39 is 5.82 Å². The van der Waals surface area contributed by atoms with Gasteiger partial charge < -0.3 is 9.47 Å². The number of carbonyl (C=O) groups is 1. The fourth-order valence-electron chi connectivity index (χ4n) is 1.84. The van der Waals surface area contributed by atoms with E-state index >= 15 is 0 Å². The summed E-state index contributed by atoms with van der Waals surface area (Å²) in [7, 11) is 3.05. The minimum atomic E-state index is -0.391. The van der Waals surface area contributed by atoms with Gasteiger partial charge in [0.05, 0.1) is 14.2 Å². The van der Waals surface area contributed by atoms with Gasteiger partial charge in [0.15, 0.2) is 11.5 Å². The Balaban J connectivity index is 2.55. The Hall–Kier alpha value is -2.36. The van der Waals surface area contributed by atoms with E-state index in [0.717, 1.165) is 0 Å². The van der Waals surface area contributed by atoms with Crippen LogP contribution in [0.5, 0.6) is 11.5 Å². The molecule has 0 bridgehead atoms. The van der Waals surface area contributed by atoms with E-state index in [0.29, 0.717) is 34.5 Å². The Bertz CT molecular complexity index is 608. The molecular formula is C15H13FO3. The SMILES string of the molecule is COc1ccc(-c2cc(C=O)ccc2F)cc1OC. The first-order chi connectivity index (χ1) is 9.19. The van der Waals surface area contributed by atoms with Gasteiger partial charge in [-0.3, -0.25) is 4.79 Å². The summed E-state index contributed by atoms with van der Waals surface area (Å²) in [5, 5.41) is 0. The fourth-order valence-corrected chi connectivity index (χ4v) is 1.84. The molecule has 0 heterocycles. The van der Waals surface area contributed by atoms with Gasteiger partial charge in [0.1, 0.15) is 12.1 Å². The van der Waals surface area contributed by atoms with Crippen LogP contribution in [0.2, 0.25) is 0 Å². The van der Waals surface area contributed by atoms with Crippen LogP contribution in [0.15, 0.2) is 36.4 Å². The van der Waals surface area contributed by atoms with Crippen molar-refractivity contribution in [2.24, 2.45) is 0 Å². The molecule has 3 nitrogen and oxygen atoms in total. The predicted octanol–water partition coefficient (Wildman–Crippen LogP) is 3.32. The number of ether oxygens (including phenoxy) is 2. The van der Waals surface area contributed by atoms with Crippen molar-refractivity contribution in [3.05, 3.63) is 47.8 Å². The lowest BCUT2D eigenvalue weighted by atomic mass is 10.0. The summed E-state index contributed by atoms with van der Waals surface area (Å²) in [6.45, 7) is 0. The van der Waals surface area contributed by atoms with Gasteiger partial charge in [-0.05, 0) is 35.9 Å². The van der Waals surface area contributed by atoms with Gasteiger partial charge in [-0.1, -0.05) is 6.07 Å². The van der Waals surface area contributed by atoms with E-state index in [9.17, 15) is 9.18 Å². The highest BCUT2D eigenvalue weighted by molar-refractivity contribution is 5.79. The second-order valence-electron chi connectivity index (χ2n) is 3.93. The number of methoxy groups -OCH3 is 2. The minimum absolute atomic E-state index is 0.352. The van der Waals surface area contributed by atoms with E-state index in [2.05, 4.69) is 0 Å². The second-order valence-corrected chi connectivity index (χ2v) is 3.93. The summed E-state index contributed by atoms with van der Waals surface area (Å²) >= 11 is 0. The van der Waals surface area contributed by atoms with Crippen LogP contribution in [0, 0.1) is 5.82 Å². The number of halogens is 1. The molecule has 0 fully saturated rings. The van der Waals surface area contributed by atoms with Crippen LogP contribution in [0.1, 0.15) is 10.4 Å². The molecule has 0 unspecified atom stereocenters. The van der Waals surface area contributed by atoms with Crippen LogP contribution >= 0.6 is 0 Å². The van der Waals surface area contributed by atoms with Gasteiger partial charge in [-0.15, -0.1) is 0 Å². The van der Waals surface area contributed by atoms with Crippen LogP contribution in [-0.2, 0) is 0 Å². The maximum absolute atomic E-state index is 13.8. The molecule has 0 saturated carbocycles. The van der Waals surface area contributed by atoms with Gasteiger partial charge in [0.25, 0.3) is 0 Å². The lowest BCUT2D eigenvalue weighted by Gasteiger charge is -2.10. The van der Waals surface area contributed by atoms with E-state index in [1.54, 1.807) is 18.2 Å². The molecule has 0 spiro atoms. The zero-order chi connectivity index (χ0) is 13.8. The molecule has 0 aliphatic heterocycles. The van der Waals surface area contributed by atoms with Gasteiger partial charge >= 0.3 is 0 Å². The lowest BCUT2D eigenvalue weighted by Crippen LogP contribution is -1.92. The van der Waals surface area contributed by atoms with E-state index in [1.807, 2.05) is 0 Å². The second kappa shape index (κ2) is 5.52. The number of hydrogen-bond acceptors (Lipinski definition) is 3. The molecule has 4 heteroatoms. The number of hydrogen-bond donors (Lipinski definition) is 0. The summed E-state index contributed by atoms with van der Waals surface area (Å²) in [4.78, 5) is 10.8. The standard InChI is InChI=1S/C15H13FO3/c1-18-14-6-4-11(8-15(14)19-2)12-7-10(9-17)3-5-13(12)16/h3-9H,1-2H3. The Kier molecular flexibility index (Phi) is 3.80. The van der Waals surface area contributed by atoms with Crippen LogP contribution < -0.4 is 9.47 Å². The Labute approximate surface area is 110 Å². The highest BCUT2D eigenvalue weighted by Gasteiger charge is 2.10. The molecule has 0 atom stereocenters. The zero-order valence-corrected chi connectivity index (χ0v) is 10.6. The molecule has 0 aliphatic carbocycles. The Morgan fingerprint density at radius 1 is 1.00 bits per heavy atom. The predicted molar refractivity (Wildman–Crippen MR) is 70.3 cm³/mol. The molecule has 98 valence electrons. The molecule has 2 aromatic carbocycles. The first kappa shape index (κ1) is 13.1. The van der Waals surface area contributed by atoms with Crippen LogP contribution in [0.25, 0.3) is 11.1 Å². The number of carbonyl (C=O) groups excluding carboxylic acids is 1.